The minimum atomic E-state index is -0.426. The largest absolute Gasteiger partial charge is 0.340 e. The summed E-state index contributed by atoms with van der Waals surface area (Å²) in [6, 6.07) is 1.97. The van der Waals surface area contributed by atoms with Crippen molar-refractivity contribution in [1.82, 2.24) is 15.0 Å². The maximum Gasteiger partial charge on any atom is 0.177 e. The van der Waals surface area contributed by atoms with Crippen molar-refractivity contribution in [2.24, 2.45) is 11.3 Å². The van der Waals surface area contributed by atoms with Crippen molar-refractivity contribution in [2.45, 2.75) is 45.4 Å². The normalized spacial score (nSPS) is 31.4. The standard InChI is InChI=1S/C16H19N3O/c1-9-5-7-17-13-12(9)18-14(19-13)16-6-4-10(8-11(16)20)15(16,2)3/h5,7,10H,4,6,8H2,1-3H3,(H,17,18,19). The molecule has 0 spiro atoms. The Balaban J connectivity index is 1.98. The summed E-state index contributed by atoms with van der Waals surface area (Å²) >= 11 is 0. The second-order valence-corrected chi connectivity index (χ2v) is 6.90. The van der Waals surface area contributed by atoms with Crippen molar-refractivity contribution in [3.05, 3.63) is 23.7 Å². The number of aryl methyl sites for hydroxylation is 1. The molecular weight excluding hydrogens is 250 g/mol. The number of fused-ring (bicyclic) bond motifs is 3. The van der Waals surface area contributed by atoms with E-state index in [-0.39, 0.29) is 5.41 Å². The maximum atomic E-state index is 12.7. The number of hydrogen-bond acceptors (Lipinski definition) is 3. The van der Waals surface area contributed by atoms with Crippen LogP contribution in [-0.2, 0) is 10.2 Å². The monoisotopic (exact) mass is 269 g/mol. The summed E-state index contributed by atoms with van der Waals surface area (Å²) in [7, 11) is 0. The molecule has 2 saturated carbocycles. The van der Waals surface area contributed by atoms with Gasteiger partial charge in [0.25, 0.3) is 0 Å². The maximum absolute atomic E-state index is 12.7. The molecule has 0 radical (unpaired) electrons. The Morgan fingerprint density at radius 3 is 2.80 bits per heavy atom. The Hall–Kier alpha value is -1.71. The number of pyridine rings is 1. The fraction of sp³-hybridized carbons (Fsp3) is 0.562. The first-order valence-corrected chi connectivity index (χ1v) is 7.32. The first kappa shape index (κ1) is 12.1. The van der Waals surface area contributed by atoms with Crippen molar-refractivity contribution in [2.75, 3.05) is 0 Å². The molecule has 2 aromatic rings. The summed E-state index contributed by atoms with van der Waals surface area (Å²) in [6.45, 7) is 6.49. The molecule has 0 saturated heterocycles. The van der Waals surface area contributed by atoms with Gasteiger partial charge >= 0.3 is 0 Å². The zero-order chi connectivity index (χ0) is 14.1. The minimum absolute atomic E-state index is 0.00807. The van der Waals surface area contributed by atoms with E-state index < -0.39 is 5.41 Å². The molecule has 0 aromatic carbocycles. The summed E-state index contributed by atoms with van der Waals surface area (Å²) in [5.41, 5.74) is 2.39. The van der Waals surface area contributed by atoms with Crippen LogP contribution in [0.15, 0.2) is 12.3 Å². The number of hydrogen-bond donors (Lipinski definition) is 1. The minimum Gasteiger partial charge on any atom is -0.340 e. The third kappa shape index (κ3) is 1.16. The van der Waals surface area contributed by atoms with Crippen LogP contribution in [0, 0.1) is 18.3 Å². The van der Waals surface area contributed by atoms with Gasteiger partial charge in [-0.05, 0) is 42.7 Å². The van der Waals surface area contributed by atoms with Crippen molar-refractivity contribution in [3.8, 4) is 0 Å². The summed E-state index contributed by atoms with van der Waals surface area (Å²) < 4.78 is 0. The van der Waals surface area contributed by atoms with Crippen LogP contribution in [0.2, 0.25) is 0 Å². The van der Waals surface area contributed by atoms with E-state index in [0.717, 1.165) is 35.4 Å². The fourth-order valence-corrected chi connectivity index (χ4v) is 4.47. The van der Waals surface area contributed by atoms with Crippen LogP contribution in [-0.4, -0.2) is 20.7 Å². The Morgan fingerprint density at radius 1 is 1.40 bits per heavy atom. The summed E-state index contributed by atoms with van der Waals surface area (Å²) in [5, 5.41) is 0. The molecule has 2 atom stereocenters. The van der Waals surface area contributed by atoms with Gasteiger partial charge in [-0.3, -0.25) is 4.79 Å². The molecule has 1 N–H and O–H groups in total. The highest BCUT2D eigenvalue weighted by molar-refractivity contribution is 5.95. The molecule has 0 amide bonds. The lowest BCUT2D eigenvalue weighted by atomic mass is 9.68. The number of nitrogens with one attached hydrogen (secondary N) is 1. The Kier molecular flexibility index (Phi) is 2.10. The summed E-state index contributed by atoms with van der Waals surface area (Å²) in [4.78, 5) is 25.1. The molecule has 2 fully saturated rings. The molecule has 4 rings (SSSR count). The average Bonchev–Trinajstić information content (AvgIpc) is 2.98. The Labute approximate surface area is 118 Å². The third-order valence-electron chi connectivity index (χ3n) is 5.90. The lowest BCUT2D eigenvalue weighted by Gasteiger charge is -2.34. The highest BCUT2D eigenvalue weighted by atomic mass is 16.1. The molecule has 2 aromatic heterocycles. The van der Waals surface area contributed by atoms with Gasteiger partial charge in [-0.2, -0.15) is 0 Å². The molecule has 2 aliphatic carbocycles. The van der Waals surface area contributed by atoms with E-state index in [1.807, 2.05) is 13.0 Å². The number of ketones is 1. The van der Waals surface area contributed by atoms with E-state index in [1.54, 1.807) is 6.20 Å². The van der Waals surface area contributed by atoms with Gasteiger partial charge in [0, 0.05) is 12.6 Å². The predicted octanol–water partition coefficient (Wildman–Crippen LogP) is 2.91. The molecule has 104 valence electrons. The van der Waals surface area contributed by atoms with E-state index in [2.05, 4.69) is 28.8 Å². The first-order valence-electron chi connectivity index (χ1n) is 7.32. The van der Waals surface area contributed by atoms with Crippen LogP contribution in [0.5, 0.6) is 0 Å². The van der Waals surface area contributed by atoms with Crippen molar-refractivity contribution < 1.29 is 4.79 Å². The molecule has 20 heavy (non-hydrogen) atoms. The third-order valence-corrected chi connectivity index (χ3v) is 5.90. The van der Waals surface area contributed by atoms with E-state index in [4.69, 9.17) is 0 Å². The van der Waals surface area contributed by atoms with E-state index >= 15 is 0 Å². The molecule has 0 aliphatic heterocycles. The summed E-state index contributed by atoms with van der Waals surface area (Å²) in [5.74, 6) is 1.69. The van der Waals surface area contributed by atoms with Crippen LogP contribution in [0.3, 0.4) is 0 Å². The average molecular weight is 269 g/mol. The van der Waals surface area contributed by atoms with Crippen LogP contribution in [0.25, 0.3) is 11.2 Å². The van der Waals surface area contributed by atoms with Crippen LogP contribution < -0.4 is 0 Å². The highest BCUT2D eigenvalue weighted by Gasteiger charge is 2.66. The van der Waals surface area contributed by atoms with Gasteiger partial charge in [0.1, 0.15) is 11.6 Å². The molecule has 4 heteroatoms. The number of nitrogens with zero attached hydrogens (tertiary/aromatic N) is 2. The second-order valence-electron chi connectivity index (χ2n) is 6.90. The zero-order valence-corrected chi connectivity index (χ0v) is 12.2. The quantitative estimate of drug-likeness (QED) is 0.866. The van der Waals surface area contributed by atoms with Gasteiger partial charge in [0.2, 0.25) is 0 Å². The van der Waals surface area contributed by atoms with Gasteiger partial charge in [-0.25, -0.2) is 9.97 Å². The van der Waals surface area contributed by atoms with Gasteiger partial charge < -0.3 is 4.98 Å². The first-order chi connectivity index (χ1) is 9.47. The lowest BCUT2D eigenvalue weighted by molar-refractivity contribution is -0.124. The Morgan fingerprint density at radius 2 is 2.20 bits per heavy atom. The van der Waals surface area contributed by atoms with Gasteiger partial charge in [-0.1, -0.05) is 13.8 Å². The second kappa shape index (κ2) is 3.48. The smallest absolute Gasteiger partial charge is 0.177 e. The number of Topliss-reactive ketones (excluding diaryl/α,β-unsaturated/α-hetero) is 1. The lowest BCUT2D eigenvalue weighted by Crippen LogP contribution is -2.41. The highest BCUT2D eigenvalue weighted by Crippen LogP contribution is 2.63. The molecular formula is C16H19N3O. The van der Waals surface area contributed by atoms with E-state index in [9.17, 15) is 4.79 Å². The number of rotatable bonds is 1. The fourth-order valence-electron chi connectivity index (χ4n) is 4.47. The summed E-state index contributed by atoms with van der Waals surface area (Å²) in [6.07, 6.45) is 4.53. The topological polar surface area (TPSA) is 58.6 Å². The number of carbonyl (C=O) groups is 1. The van der Waals surface area contributed by atoms with Gasteiger partial charge in [0.05, 0.1) is 10.9 Å². The molecule has 2 heterocycles. The van der Waals surface area contributed by atoms with Crippen LogP contribution >= 0.6 is 0 Å². The van der Waals surface area contributed by atoms with E-state index in [0.29, 0.717) is 18.1 Å². The number of H-pyrrole nitrogens is 1. The molecule has 2 unspecified atom stereocenters. The molecule has 2 bridgehead atoms. The number of aromatic amines is 1. The van der Waals surface area contributed by atoms with Crippen molar-refractivity contribution in [3.63, 3.8) is 0 Å². The number of carbonyl (C=O) groups excluding carboxylic acids is 1. The zero-order valence-electron chi connectivity index (χ0n) is 12.2. The SMILES string of the molecule is Cc1ccnc2nc(C34CCC(CC3=O)C4(C)C)[nH]c12. The van der Waals surface area contributed by atoms with Crippen molar-refractivity contribution in [1.29, 1.82) is 0 Å². The van der Waals surface area contributed by atoms with Crippen molar-refractivity contribution >= 4 is 16.9 Å². The number of imidazole rings is 1. The van der Waals surface area contributed by atoms with Gasteiger partial charge in [-0.15, -0.1) is 0 Å². The molecule has 4 nitrogen and oxygen atoms in total. The number of aromatic nitrogens is 3. The predicted molar refractivity (Wildman–Crippen MR) is 76.4 cm³/mol. The van der Waals surface area contributed by atoms with Crippen LogP contribution in [0.1, 0.15) is 44.5 Å². The van der Waals surface area contributed by atoms with Gasteiger partial charge in [0.15, 0.2) is 5.65 Å². The Bertz CT molecular complexity index is 730. The van der Waals surface area contributed by atoms with Crippen LogP contribution in [0.4, 0.5) is 0 Å². The molecule has 2 aliphatic rings. The van der Waals surface area contributed by atoms with E-state index in [1.165, 1.54) is 0 Å².